The molecular formula is C17H19ClN8. The van der Waals surface area contributed by atoms with E-state index in [1.54, 1.807) is 6.07 Å². The number of nitrogen functional groups attached to an aromatic ring is 2. The molecule has 1 aromatic carbocycles. The second-order valence-electron chi connectivity index (χ2n) is 6.21. The number of aromatic nitrogens is 4. The van der Waals surface area contributed by atoms with Crippen molar-refractivity contribution in [1.82, 2.24) is 24.8 Å². The Balaban J connectivity index is 1.44. The normalized spacial score (nSPS) is 15.5. The molecule has 0 saturated carbocycles. The molecule has 4 rings (SSSR count). The highest BCUT2D eigenvalue weighted by Crippen LogP contribution is 2.20. The van der Waals surface area contributed by atoms with Crippen molar-refractivity contribution < 1.29 is 0 Å². The SMILES string of the molecule is Nc1nc(Cl)cc(N2CCN(Cc3nc(N)c4ccccc4n3)CC2)n1. The number of nitrogens with two attached hydrogens (primary N) is 2. The minimum absolute atomic E-state index is 0.190. The van der Waals surface area contributed by atoms with Crippen LogP contribution in [0, 0.1) is 0 Å². The Kier molecular flexibility index (Phi) is 4.44. The van der Waals surface area contributed by atoms with Crippen LogP contribution in [-0.4, -0.2) is 51.0 Å². The second kappa shape index (κ2) is 6.89. The molecule has 0 atom stereocenters. The fourth-order valence-corrected chi connectivity index (χ4v) is 3.33. The van der Waals surface area contributed by atoms with Crippen LogP contribution in [0.2, 0.25) is 5.15 Å². The van der Waals surface area contributed by atoms with Gasteiger partial charge in [-0.1, -0.05) is 23.7 Å². The van der Waals surface area contributed by atoms with Crippen molar-refractivity contribution in [2.75, 3.05) is 42.5 Å². The van der Waals surface area contributed by atoms with Gasteiger partial charge in [0, 0.05) is 37.6 Å². The Morgan fingerprint density at radius 1 is 0.962 bits per heavy atom. The fraction of sp³-hybridized carbons (Fsp3) is 0.294. The smallest absolute Gasteiger partial charge is 0.223 e. The highest BCUT2D eigenvalue weighted by Gasteiger charge is 2.20. The zero-order chi connectivity index (χ0) is 18.1. The fourth-order valence-electron chi connectivity index (χ4n) is 3.14. The summed E-state index contributed by atoms with van der Waals surface area (Å²) in [5, 5.41) is 1.24. The molecule has 1 fully saturated rings. The minimum atomic E-state index is 0.190. The quantitative estimate of drug-likeness (QED) is 0.668. The highest BCUT2D eigenvalue weighted by molar-refractivity contribution is 6.29. The van der Waals surface area contributed by atoms with Gasteiger partial charge in [0.05, 0.1) is 12.1 Å². The Labute approximate surface area is 155 Å². The van der Waals surface area contributed by atoms with E-state index in [1.165, 1.54) is 0 Å². The van der Waals surface area contributed by atoms with Crippen molar-refractivity contribution in [2.24, 2.45) is 0 Å². The standard InChI is InChI=1S/C17H19ClN8/c18-13-9-15(24-17(20)22-13)26-7-5-25(6-8-26)10-14-21-12-4-2-1-3-11(12)16(19)23-14/h1-4,9H,5-8,10H2,(H2,19,21,23)(H2,20,22,24). The number of nitrogens with zero attached hydrogens (tertiary/aromatic N) is 6. The molecule has 9 heteroatoms. The number of fused-ring (bicyclic) bond motifs is 1. The average molecular weight is 371 g/mol. The van der Waals surface area contributed by atoms with Crippen LogP contribution in [0.25, 0.3) is 10.9 Å². The molecule has 0 aliphatic carbocycles. The molecule has 0 spiro atoms. The Bertz CT molecular complexity index is 919. The molecule has 1 saturated heterocycles. The van der Waals surface area contributed by atoms with E-state index < -0.39 is 0 Å². The van der Waals surface area contributed by atoms with Gasteiger partial charge in [-0.15, -0.1) is 0 Å². The lowest BCUT2D eigenvalue weighted by molar-refractivity contribution is 0.244. The van der Waals surface area contributed by atoms with Crippen molar-refractivity contribution in [3.63, 3.8) is 0 Å². The van der Waals surface area contributed by atoms with Crippen LogP contribution >= 0.6 is 11.6 Å². The molecule has 2 aromatic heterocycles. The van der Waals surface area contributed by atoms with Gasteiger partial charge in [-0.05, 0) is 12.1 Å². The van der Waals surface area contributed by atoms with E-state index in [1.807, 2.05) is 24.3 Å². The monoisotopic (exact) mass is 370 g/mol. The first kappa shape index (κ1) is 16.7. The number of para-hydroxylation sites is 1. The van der Waals surface area contributed by atoms with Crippen molar-refractivity contribution in [3.8, 4) is 0 Å². The summed E-state index contributed by atoms with van der Waals surface area (Å²) in [6.45, 7) is 4.01. The molecule has 3 heterocycles. The number of piperazine rings is 1. The van der Waals surface area contributed by atoms with Crippen molar-refractivity contribution in [2.45, 2.75) is 6.54 Å². The third-order valence-corrected chi connectivity index (χ3v) is 4.63. The van der Waals surface area contributed by atoms with Crippen LogP contribution in [0.15, 0.2) is 30.3 Å². The summed E-state index contributed by atoms with van der Waals surface area (Å²) in [6, 6.07) is 9.52. The van der Waals surface area contributed by atoms with E-state index >= 15 is 0 Å². The Hall–Kier alpha value is -2.71. The van der Waals surface area contributed by atoms with Crippen molar-refractivity contribution >= 4 is 40.1 Å². The van der Waals surface area contributed by atoms with Gasteiger partial charge in [0.2, 0.25) is 5.95 Å². The summed E-state index contributed by atoms with van der Waals surface area (Å²) in [5.74, 6) is 2.21. The zero-order valence-corrected chi connectivity index (χ0v) is 14.9. The molecule has 0 amide bonds. The largest absolute Gasteiger partial charge is 0.383 e. The van der Waals surface area contributed by atoms with Gasteiger partial charge in [-0.2, -0.15) is 4.98 Å². The molecule has 1 aliphatic rings. The van der Waals surface area contributed by atoms with E-state index in [2.05, 4.69) is 29.7 Å². The van der Waals surface area contributed by atoms with Crippen LogP contribution in [0.1, 0.15) is 5.82 Å². The maximum atomic E-state index is 6.07. The zero-order valence-electron chi connectivity index (χ0n) is 14.1. The molecule has 26 heavy (non-hydrogen) atoms. The van der Waals surface area contributed by atoms with Crippen LogP contribution < -0.4 is 16.4 Å². The van der Waals surface area contributed by atoms with Crippen LogP contribution in [0.5, 0.6) is 0 Å². The summed E-state index contributed by atoms with van der Waals surface area (Å²) in [5.41, 5.74) is 12.6. The maximum Gasteiger partial charge on any atom is 0.223 e. The summed E-state index contributed by atoms with van der Waals surface area (Å²) >= 11 is 5.97. The lowest BCUT2D eigenvalue weighted by Gasteiger charge is -2.35. The van der Waals surface area contributed by atoms with Gasteiger partial charge >= 0.3 is 0 Å². The van der Waals surface area contributed by atoms with Gasteiger partial charge < -0.3 is 16.4 Å². The number of hydrogen-bond acceptors (Lipinski definition) is 8. The second-order valence-corrected chi connectivity index (χ2v) is 6.60. The number of hydrogen-bond donors (Lipinski definition) is 2. The van der Waals surface area contributed by atoms with E-state index in [0.717, 1.165) is 48.7 Å². The molecule has 4 N–H and O–H groups in total. The molecule has 3 aromatic rings. The first-order chi connectivity index (χ1) is 12.6. The maximum absolute atomic E-state index is 6.07. The lowest BCUT2D eigenvalue weighted by Crippen LogP contribution is -2.46. The van der Waals surface area contributed by atoms with E-state index in [0.29, 0.717) is 17.5 Å². The number of halogens is 1. The summed E-state index contributed by atoms with van der Waals surface area (Å²) in [4.78, 5) is 21.7. The van der Waals surface area contributed by atoms with Gasteiger partial charge in [-0.3, -0.25) is 4.90 Å². The predicted molar refractivity (Wildman–Crippen MR) is 103 cm³/mol. The Morgan fingerprint density at radius 2 is 1.73 bits per heavy atom. The molecule has 134 valence electrons. The molecule has 0 unspecified atom stereocenters. The van der Waals surface area contributed by atoms with E-state index in [9.17, 15) is 0 Å². The Morgan fingerprint density at radius 3 is 2.50 bits per heavy atom. The average Bonchev–Trinajstić information content (AvgIpc) is 2.61. The van der Waals surface area contributed by atoms with Crippen LogP contribution in [-0.2, 0) is 6.54 Å². The van der Waals surface area contributed by atoms with Crippen molar-refractivity contribution in [3.05, 3.63) is 41.3 Å². The summed E-state index contributed by atoms with van der Waals surface area (Å²) in [6.07, 6.45) is 0. The molecule has 8 nitrogen and oxygen atoms in total. The molecular weight excluding hydrogens is 352 g/mol. The minimum Gasteiger partial charge on any atom is -0.383 e. The number of anilines is 3. The van der Waals surface area contributed by atoms with Gasteiger partial charge in [-0.25, -0.2) is 15.0 Å². The molecule has 0 radical (unpaired) electrons. The number of benzene rings is 1. The predicted octanol–water partition coefficient (Wildman–Crippen LogP) is 1.56. The van der Waals surface area contributed by atoms with Crippen molar-refractivity contribution in [1.29, 1.82) is 0 Å². The van der Waals surface area contributed by atoms with Gasteiger partial charge in [0.1, 0.15) is 22.6 Å². The third kappa shape index (κ3) is 3.47. The van der Waals surface area contributed by atoms with Crippen LogP contribution in [0.4, 0.5) is 17.6 Å². The summed E-state index contributed by atoms with van der Waals surface area (Å²) in [7, 11) is 0. The molecule has 0 bridgehead atoms. The van der Waals surface area contributed by atoms with Gasteiger partial charge in [0.15, 0.2) is 0 Å². The third-order valence-electron chi connectivity index (χ3n) is 4.44. The summed E-state index contributed by atoms with van der Waals surface area (Å²) < 4.78 is 0. The molecule has 1 aliphatic heterocycles. The first-order valence-corrected chi connectivity index (χ1v) is 8.75. The van der Waals surface area contributed by atoms with E-state index in [4.69, 9.17) is 23.1 Å². The van der Waals surface area contributed by atoms with Crippen LogP contribution in [0.3, 0.4) is 0 Å². The first-order valence-electron chi connectivity index (χ1n) is 8.37. The highest BCUT2D eigenvalue weighted by atomic mass is 35.5. The lowest BCUT2D eigenvalue weighted by atomic mass is 10.2. The van der Waals surface area contributed by atoms with E-state index in [-0.39, 0.29) is 5.95 Å². The number of rotatable bonds is 3. The van der Waals surface area contributed by atoms with Gasteiger partial charge in [0.25, 0.3) is 0 Å². The topological polar surface area (TPSA) is 110 Å².